The number of rotatable bonds is 1. The molecule has 1 heteroatoms. The van der Waals surface area contributed by atoms with Crippen LogP contribution in [-0.2, 0) is 0 Å². The van der Waals surface area contributed by atoms with Gasteiger partial charge in [0.2, 0.25) is 0 Å². The first kappa shape index (κ1) is 8.35. The lowest BCUT2D eigenvalue weighted by atomic mass is 10.1. The van der Waals surface area contributed by atoms with Crippen molar-refractivity contribution in [1.29, 1.82) is 0 Å². The van der Waals surface area contributed by atoms with Gasteiger partial charge in [-0.15, -0.1) is 0 Å². The van der Waals surface area contributed by atoms with Gasteiger partial charge in [0.25, 0.3) is 0 Å². The van der Waals surface area contributed by atoms with Gasteiger partial charge in [-0.05, 0) is 25.0 Å². The summed E-state index contributed by atoms with van der Waals surface area (Å²) in [6, 6.07) is 10.1. The molecule has 0 radical (unpaired) electrons. The molecule has 0 fully saturated rings. The fraction of sp³-hybridized carbons (Fsp3) is 0.200. The van der Waals surface area contributed by atoms with E-state index in [2.05, 4.69) is 12.1 Å². The van der Waals surface area contributed by atoms with Gasteiger partial charge < -0.3 is 0 Å². The third-order valence-electron chi connectivity index (χ3n) is 1.72. The number of halogens is 1. The van der Waals surface area contributed by atoms with Crippen LogP contribution in [0.2, 0.25) is 0 Å². The lowest BCUT2D eigenvalue weighted by Crippen LogP contribution is -1.78. The Morgan fingerprint density at radius 1 is 1.09 bits per heavy atom. The highest BCUT2D eigenvalue weighted by atomic mass is 35.5. The van der Waals surface area contributed by atoms with Gasteiger partial charge in [-0.25, -0.2) is 0 Å². The largest absolute Gasteiger partial charge is 0.0892 e. The van der Waals surface area contributed by atoms with Crippen molar-refractivity contribution in [3.63, 3.8) is 0 Å². The highest BCUT2D eigenvalue weighted by Gasteiger charge is 1.95. The molecule has 0 saturated heterocycles. The zero-order valence-corrected chi connectivity index (χ0v) is 7.52. The maximum absolute atomic E-state index is 5.84. The molecule has 0 saturated carbocycles. The highest BCUT2D eigenvalue weighted by molar-refractivity contribution is 6.32. The van der Waals surface area contributed by atoms with Gasteiger partial charge in [-0.1, -0.05) is 41.9 Å². The second kappa shape index (κ2) is 3.59. The minimum atomic E-state index is 0.858. The van der Waals surface area contributed by atoms with E-state index in [-0.39, 0.29) is 0 Å². The standard InChI is InChI=1S/C10H11Cl/c1-8(9(2)11)10-6-4-3-5-7-10/h3-7H,1-2H3. The van der Waals surface area contributed by atoms with Crippen molar-refractivity contribution in [2.75, 3.05) is 0 Å². The molecule has 0 aliphatic carbocycles. The lowest BCUT2D eigenvalue weighted by Gasteiger charge is -2.00. The van der Waals surface area contributed by atoms with Gasteiger partial charge in [-0.2, -0.15) is 0 Å². The number of benzene rings is 1. The molecule has 0 aliphatic heterocycles. The Hall–Kier alpha value is -0.750. The van der Waals surface area contributed by atoms with Crippen LogP contribution >= 0.6 is 11.6 Å². The predicted octanol–water partition coefficient (Wildman–Crippen LogP) is 3.68. The smallest absolute Gasteiger partial charge is 0.0185 e. The molecular weight excluding hydrogens is 156 g/mol. The molecule has 11 heavy (non-hydrogen) atoms. The first-order valence-electron chi connectivity index (χ1n) is 3.60. The number of hydrogen-bond acceptors (Lipinski definition) is 0. The molecule has 0 amide bonds. The van der Waals surface area contributed by atoms with Crippen molar-refractivity contribution < 1.29 is 0 Å². The first-order valence-corrected chi connectivity index (χ1v) is 3.98. The molecule has 0 N–H and O–H groups in total. The Kier molecular flexibility index (Phi) is 2.72. The lowest BCUT2D eigenvalue weighted by molar-refractivity contribution is 1.52. The Labute approximate surface area is 72.5 Å². The van der Waals surface area contributed by atoms with Crippen LogP contribution in [0.5, 0.6) is 0 Å². The van der Waals surface area contributed by atoms with E-state index in [1.54, 1.807) is 0 Å². The minimum absolute atomic E-state index is 0.858. The molecule has 1 aromatic carbocycles. The molecule has 0 nitrogen and oxygen atoms in total. The van der Waals surface area contributed by atoms with Crippen LogP contribution in [0.25, 0.3) is 5.57 Å². The monoisotopic (exact) mass is 166 g/mol. The molecule has 1 rings (SSSR count). The van der Waals surface area contributed by atoms with E-state index in [4.69, 9.17) is 11.6 Å². The van der Waals surface area contributed by atoms with Crippen LogP contribution in [0.4, 0.5) is 0 Å². The summed E-state index contributed by atoms with van der Waals surface area (Å²) in [7, 11) is 0. The van der Waals surface area contributed by atoms with E-state index in [0.717, 1.165) is 10.6 Å². The van der Waals surface area contributed by atoms with E-state index in [9.17, 15) is 0 Å². The van der Waals surface area contributed by atoms with Gasteiger partial charge in [0.1, 0.15) is 0 Å². The van der Waals surface area contributed by atoms with Gasteiger partial charge in [0.15, 0.2) is 0 Å². The Morgan fingerprint density at radius 3 is 2.09 bits per heavy atom. The van der Waals surface area contributed by atoms with Gasteiger partial charge in [0.05, 0.1) is 0 Å². The van der Waals surface area contributed by atoms with Crippen molar-refractivity contribution in [2.45, 2.75) is 13.8 Å². The summed E-state index contributed by atoms with van der Waals surface area (Å²) in [6.07, 6.45) is 0. The molecular formula is C10H11Cl. The van der Waals surface area contributed by atoms with Gasteiger partial charge in [0, 0.05) is 5.03 Å². The van der Waals surface area contributed by atoms with Crippen molar-refractivity contribution in [3.05, 3.63) is 40.9 Å². The maximum atomic E-state index is 5.84. The van der Waals surface area contributed by atoms with Crippen LogP contribution in [0.15, 0.2) is 35.4 Å². The summed E-state index contributed by atoms with van der Waals surface area (Å²) in [5.74, 6) is 0. The van der Waals surface area contributed by atoms with Gasteiger partial charge >= 0.3 is 0 Å². The fourth-order valence-corrected chi connectivity index (χ4v) is 0.996. The third-order valence-corrected chi connectivity index (χ3v) is 2.01. The second-order valence-corrected chi connectivity index (χ2v) is 3.09. The van der Waals surface area contributed by atoms with E-state index in [0.29, 0.717) is 0 Å². The SMILES string of the molecule is CC(Cl)=C(C)c1ccccc1. The van der Waals surface area contributed by atoms with E-state index in [1.165, 1.54) is 5.56 Å². The van der Waals surface area contributed by atoms with Crippen LogP contribution < -0.4 is 0 Å². The normalized spacial score (nSPS) is 12.6. The molecule has 0 spiro atoms. The Morgan fingerprint density at radius 2 is 1.64 bits per heavy atom. The predicted molar refractivity (Wildman–Crippen MR) is 50.6 cm³/mol. The average Bonchev–Trinajstić information content (AvgIpc) is 2.05. The van der Waals surface area contributed by atoms with Crippen LogP contribution in [0, 0.1) is 0 Å². The van der Waals surface area contributed by atoms with Crippen LogP contribution in [0.3, 0.4) is 0 Å². The zero-order chi connectivity index (χ0) is 8.27. The van der Waals surface area contributed by atoms with E-state index >= 15 is 0 Å². The maximum Gasteiger partial charge on any atom is 0.0185 e. The van der Waals surface area contributed by atoms with Crippen LogP contribution in [-0.4, -0.2) is 0 Å². The zero-order valence-electron chi connectivity index (χ0n) is 6.76. The topological polar surface area (TPSA) is 0 Å². The third kappa shape index (κ3) is 2.09. The highest BCUT2D eigenvalue weighted by Crippen LogP contribution is 2.19. The van der Waals surface area contributed by atoms with Gasteiger partial charge in [-0.3, -0.25) is 0 Å². The van der Waals surface area contributed by atoms with Crippen molar-refractivity contribution >= 4 is 17.2 Å². The summed E-state index contributed by atoms with van der Waals surface area (Å²) in [5.41, 5.74) is 2.34. The summed E-state index contributed by atoms with van der Waals surface area (Å²) in [6.45, 7) is 3.93. The average molecular weight is 167 g/mol. The summed E-state index contributed by atoms with van der Waals surface area (Å²) < 4.78 is 0. The summed E-state index contributed by atoms with van der Waals surface area (Å²) in [4.78, 5) is 0. The van der Waals surface area contributed by atoms with Crippen LogP contribution in [0.1, 0.15) is 19.4 Å². The molecule has 0 atom stereocenters. The number of hydrogen-bond donors (Lipinski definition) is 0. The molecule has 0 aromatic heterocycles. The molecule has 0 bridgehead atoms. The minimum Gasteiger partial charge on any atom is -0.0892 e. The van der Waals surface area contributed by atoms with Crippen molar-refractivity contribution in [2.24, 2.45) is 0 Å². The molecule has 0 unspecified atom stereocenters. The number of allylic oxidation sites excluding steroid dienone is 2. The molecule has 58 valence electrons. The molecule has 0 heterocycles. The Bertz CT molecular complexity index is 255. The van der Waals surface area contributed by atoms with E-state index in [1.807, 2.05) is 32.0 Å². The Balaban J connectivity index is 3.04. The van der Waals surface area contributed by atoms with Crippen molar-refractivity contribution in [1.82, 2.24) is 0 Å². The summed E-state index contributed by atoms with van der Waals surface area (Å²) >= 11 is 5.84. The second-order valence-electron chi connectivity index (χ2n) is 2.52. The van der Waals surface area contributed by atoms with Crippen molar-refractivity contribution in [3.8, 4) is 0 Å². The molecule has 0 aliphatic rings. The molecule has 1 aromatic rings. The first-order chi connectivity index (χ1) is 5.22. The summed E-state index contributed by atoms with van der Waals surface area (Å²) in [5, 5.41) is 0.858. The van der Waals surface area contributed by atoms with E-state index < -0.39 is 0 Å². The quantitative estimate of drug-likeness (QED) is 0.597. The fourth-order valence-electron chi connectivity index (χ4n) is 0.887.